The van der Waals surface area contributed by atoms with E-state index >= 15 is 0 Å². The second kappa shape index (κ2) is 7.11. The zero-order valence-electron chi connectivity index (χ0n) is 13.5. The molecule has 3 aromatic rings. The van der Waals surface area contributed by atoms with Crippen LogP contribution in [0.3, 0.4) is 0 Å². The molecular formula is C19H18F3N3. The van der Waals surface area contributed by atoms with Gasteiger partial charge in [-0.15, -0.1) is 0 Å². The summed E-state index contributed by atoms with van der Waals surface area (Å²) in [5, 5.41) is 0. The van der Waals surface area contributed by atoms with E-state index in [-0.39, 0.29) is 0 Å². The molecular weight excluding hydrogens is 327 g/mol. The molecule has 0 aliphatic rings. The smallest absolute Gasteiger partial charge is 0.330 e. The predicted molar refractivity (Wildman–Crippen MR) is 89.9 cm³/mol. The Morgan fingerprint density at radius 2 is 1.48 bits per heavy atom. The van der Waals surface area contributed by atoms with Gasteiger partial charge >= 0.3 is 6.18 Å². The topological polar surface area (TPSA) is 43.8 Å². The van der Waals surface area contributed by atoms with Gasteiger partial charge < -0.3 is 10.3 Å². The molecule has 0 fully saturated rings. The summed E-state index contributed by atoms with van der Waals surface area (Å²) >= 11 is 0. The van der Waals surface area contributed by atoms with E-state index in [0.717, 1.165) is 34.6 Å². The quantitative estimate of drug-likeness (QED) is 0.760. The standard InChI is InChI=1S/C19H18F3N3/c20-19(21,22)17-7-5-14(6-8-17)11-18-24-9-10-25(18)13-16-3-1-15(12-23)2-4-16/h1-10H,11-13,23H2. The van der Waals surface area contributed by atoms with E-state index in [1.165, 1.54) is 12.1 Å². The molecule has 3 rings (SSSR count). The molecule has 130 valence electrons. The number of halogens is 3. The fourth-order valence-corrected chi connectivity index (χ4v) is 2.62. The summed E-state index contributed by atoms with van der Waals surface area (Å²) in [6.07, 6.45) is -0.261. The molecule has 2 N–H and O–H groups in total. The first-order valence-corrected chi connectivity index (χ1v) is 7.90. The fourth-order valence-electron chi connectivity index (χ4n) is 2.62. The van der Waals surface area contributed by atoms with Crippen molar-refractivity contribution in [2.24, 2.45) is 5.73 Å². The maximum atomic E-state index is 12.6. The molecule has 3 nitrogen and oxygen atoms in total. The number of nitrogens with two attached hydrogens (primary N) is 1. The molecule has 1 aromatic heterocycles. The van der Waals surface area contributed by atoms with Crippen LogP contribution < -0.4 is 5.73 Å². The third-order valence-electron chi connectivity index (χ3n) is 4.06. The number of hydrogen-bond acceptors (Lipinski definition) is 2. The van der Waals surface area contributed by atoms with Gasteiger partial charge in [0.05, 0.1) is 5.56 Å². The summed E-state index contributed by atoms with van der Waals surface area (Å²) in [6, 6.07) is 13.2. The van der Waals surface area contributed by atoms with Crippen LogP contribution in [-0.4, -0.2) is 9.55 Å². The first-order chi connectivity index (χ1) is 12.0. The number of rotatable bonds is 5. The van der Waals surface area contributed by atoms with E-state index in [1.807, 2.05) is 35.0 Å². The molecule has 0 radical (unpaired) electrons. The number of hydrogen-bond donors (Lipinski definition) is 1. The number of aromatic nitrogens is 2. The van der Waals surface area contributed by atoms with E-state index in [4.69, 9.17) is 5.73 Å². The van der Waals surface area contributed by atoms with Gasteiger partial charge in [-0.2, -0.15) is 13.2 Å². The molecule has 0 atom stereocenters. The zero-order chi connectivity index (χ0) is 17.9. The lowest BCUT2D eigenvalue weighted by atomic mass is 10.1. The molecule has 0 bridgehead atoms. The van der Waals surface area contributed by atoms with Crippen molar-refractivity contribution in [3.63, 3.8) is 0 Å². The van der Waals surface area contributed by atoms with Crippen molar-refractivity contribution >= 4 is 0 Å². The van der Waals surface area contributed by atoms with Gasteiger partial charge in [-0.05, 0) is 28.8 Å². The van der Waals surface area contributed by atoms with Crippen LogP contribution in [0.4, 0.5) is 13.2 Å². The minimum Gasteiger partial charge on any atom is -0.330 e. The highest BCUT2D eigenvalue weighted by atomic mass is 19.4. The predicted octanol–water partition coefficient (Wildman–Crippen LogP) is 4.00. The van der Waals surface area contributed by atoms with Crippen LogP contribution >= 0.6 is 0 Å². The second-order valence-corrected chi connectivity index (χ2v) is 5.86. The van der Waals surface area contributed by atoms with E-state index in [1.54, 1.807) is 6.20 Å². The van der Waals surface area contributed by atoms with Gasteiger partial charge in [-0.1, -0.05) is 36.4 Å². The summed E-state index contributed by atoms with van der Waals surface area (Å²) in [7, 11) is 0. The molecule has 0 saturated carbocycles. The van der Waals surface area contributed by atoms with Gasteiger partial charge in [0.2, 0.25) is 0 Å². The number of nitrogens with zero attached hydrogens (tertiary/aromatic N) is 2. The molecule has 0 amide bonds. The third-order valence-corrected chi connectivity index (χ3v) is 4.06. The Kier molecular flexibility index (Phi) is 4.90. The minimum atomic E-state index is -4.31. The second-order valence-electron chi connectivity index (χ2n) is 5.86. The Labute approximate surface area is 143 Å². The van der Waals surface area contributed by atoms with Gasteiger partial charge in [-0.25, -0.2) is 4.98 Å². The van der Waals surface area contributed by atoms with Gasteiger partial charge in [-0.3, -0.25) is 0 Å². The summed E-state index contributed by atoms with van der Waals surface area (Å²) in [5.74, 6) is 0.808. The Morgan fingerprint density at radius 1 is 0.880 bits per heavy atom. The summed E-state index contributed by atoms with van der Waals surface area (Å²) in [6.45, 7) is 1.16. The summed E-state index contributed by atoms with van der Waals surface area (Å²) < 4.78 is 39.9. The highest BCUT2D eigenvalue weighted by molar-refractivity contribution is 5.27. The highest BCUT2D eigenvalue weighted by Crippen LogP contribution is 2.29. The van der Waals surface area contributed by atoms with E-state index in [0.29, 0.717) is 19.5 Å². The van der Waals surface area contributed by atoms with Gasteiger partial charge in [0, 0.05) is 31.9 Å². The van der Waals surface area contributed by atoms with Crippen molar-refractivity contribution in [2.75, 3.05) is 0 Å². The Morgan fingerprint density at radius 3 is 2.08 bits per heavy atom. The SMILES string of the molecule is NCc1ccc(Cn2ccnc2Cc2ccc(C(F)(F)F)cc2)cc1. The summed E-state index contributed by atoms with van der Waals surface area (Å²) in [4.78, 5) is 4.33. The molecule has 6 heteroatoms. The molecule has 1 heterocycles. The molecule has 0 spiro atoms. The van der Waals surface area contributed by atoms with Crippen molar-refractivity contribution in [2.45, 2.75) is 25.7 Å². The lowest BCUT2D eigenvalue weighted by Gasteiger charge is -2.10. The van der Waals surface area contributed by atoms with E-state index < -0.39 is 11.7 Å². The number of alkyl halides is 3. The van der Waals surface area contributed by atoms with Crippen LogP contribution in [0.2, 0.25) is 0 Å². The minimum absolute atomic E-state index is 0.478. The first kappa shape index (κ1) is 17.2. The normalized spacial score (nSPS) is 11.7. The van der Waals surface area contributed by atoms with E-state index in [2.05, 4.69) is 4.98 Å². The Hall–Kier alpha value is -2.60. The highest BCUT2D eigenvalue weighted by Gasteiger charge is 2.29. The van der Waals surface area contributed by atoms with Crippen LogP contribution in [0.5, 0.6) is 0 Å². The first-order valence-electron chi connectivity index (χ1n) is 7.90. The fraction of sp³-hybridized carbons (Fsp3) is 0.211. The molecule has 0 aliphatic carbocycles. The number of imidazole rings is 1. The maximum absolute atomic E-state index is 12.6. The number of benzene rings is 2. The Bertz CT molecular complexity index is 818. The van der Waals surface area contributed by atoms with Crippen LogP contribution in [-0.2, 0) is 25.7 Å². The lowest BCUT2D eigenvalue weighted by Crippen LogP contribution is -2.07. The maximum Gasteiger partial charge on any atom is 0.416 e. The average Bonchev–Trinajstić information content (AvgIpc) is 3.02. The lowest BCUT2D eigenvalue weighted by molar-refractivity contribution is -0.137. The van der Waals surface area contributed by atoms with Crippen molar-refractivity contribution in [3.05, 3.63) is 89.0 Å². The van der Waals surface area contributed by atoms with Gasteiger partial charge in [0.25, 0.3) is 0 Å². The van der Waals surface area contributed by atoms with Crippen LogP contribution in [0.1, 0.15) is 28.1 Å². The van der Waals surface area contributed by atoms with Crippen LogP contribution in [0, 0.1) is 0 Å². The monoisotopic (exact) mass is 345 g/mol. The van der Waals surface area contributed by atoms with Gasteiger partial charge in [0.1, 0.15) is 5.82 Å². The van der Waals surface area contributed by atoms with Crippen molar-refractivity contribution in [1.29, 1.82) is 0 Å². The molecule has 0 saturated heterocycles. The van der Waals surface area contributed by atoms with Crippen molar-refractivity contribution < 1.29 is 13.2 Å². The van der Waals surface area contributed by atoms with Crippen molar-refractivity contribution in [1.82, 2.24) is 9.55 Å². The molecule has 25 heavy (non-hydrogen) atoms. The van der Waals surface area contributed by atoms with E-state index in [9.17, 15) is 13.2 Å². The average molecular weight is 345 g/mol. The van der Waals surface area contributed by atoms with Crippen molar-refractivity contribution in [3.8, 4) is 0 Å². The molecule has 2 aromatic carbocycles. The van der Waals surface area contributed by atoms with Gasteiger partial charge in [0.15, 0.2) is 0 Å². The zero-order valence-corrected chi connectivity index (χ0v) is 13.5. The van der Waals surface area contributed by atoms with Crippen LogP contribution in [0.15, 0.2) is 60.9 Å². The Balaban J connectivity index is 1.73. The molecule has 0 aliphatic heterocycles. The summed E-state index contributed by atoms with van der Waals surface area (Å²) in [5.41, 5.74) is 7.93. The third kappa shape index (κ3) is 4.28. The largest absolute Gasteiger partial charge is 0.416 e. The van der Waals surface area contributed by atoms with Crippen LogP contribution in [0.25, 0.3) is 0 Å². The molecule has 0 unspecified atom stereocenters.